The fourth-order valence-corrected chi connectivity index (χ4v) is 3.64. The fourth-order valence-electron chi connectivity index (χ4n) is 2.32. The zero-order valence-electron chi connectivity index (χ0n) is 12.7. The van der Waals surface area contributed by atoms with Gasteiger partial charge >= 0.3 is 0 Å². The van der Waals surface area contributed by atoms with Gasteiger partial charge in [0.25, 0.3) is 0 Å². The first-order chi connectivity index (χ1) is 11.2. The number of nitrogens with one attached hydrogen (secondary N) is 1. The Morgan fingerprint density at radius 3 is 2.87 bits per heavy atom. The number of hydrogen-bond acceptors (Lipinski definition) is 7. The molecule has 0 bridgehead atoms. The number of thiophene rings is 1. The summed E-state index contributed by atoms with van der Waals surface area (Å²) < 4.78 is 0.946. The van der Waals surface area contributed by atoms with Gasteiger partial charge in [-0.1, -0.05) is 0 Å². The van der Waals surface area contributed by atoms with Gasteiger partial charge in [-0.25, -0.2) is 0 Å². The molecule has 7 heteroatoms. The second kappa shape index (κ2) is 6.69. The molecule has 0 saturated heterocycles. The van der Waals surface area contributed by atoms with E-state index in [0.717, 1.165) is 20.8 Å². The number of aromatic nitrogens is 3. The van der Waals surface area contributed by atoms with Crippen LogP contribution in [0.15, 0.2) is 30.7 Å². The molecule has 3 aromatic rings. The highest BCUT2D eigenvalue weighted by atomic mass is 32.1. The summed E-state index contributed by atoms with van der Waals surface area (Å²) in [4.78, 5) is 4.97. The Labute approximate surface area is 138 Å². The molecule has 6 nitrogen and oxygen atoms in total. The average Bonchev–Trinajstić information content (AvgIpc) is 2.90. The van der Waals surface area contributed by atoms with E-state index in [1.807, 2.05) is 19.1 Å². The first-order valence-corrected chi connectivity index (χ1v) is 8.06. The Morgan fingerprint density at radius 1 is 1.39 bits per heavy atom. The lowest BCUT2D eigenvalue weighted by Crippen LogP contribution is -2.17. The van der Waals surface area contributed by atoms with Gasteiger partial charge in [0.2, 0.25) is 0 Å². The Balaban J connectivity index is 1.95. The molecule has 0 aliphatic heterocycles. The first kappa shape index (κ1) is 15.3. The summed E-state index contributed by atoms with van der Waals surface area (Å²) in [5.74, 6) is 0. The third kappa shape index (κ3) is 3.28. The predicted molar refractivity (Wildman–Crippen MR) is 91.0 cm³/mol. The number of hydrogen-bond donors (Lipinski definition) is 2. The maximum absolute atomic E-state index is 9.44. The molecule has 0 unspecified atom stereocenters. The zero-order valence-corrected chi connectivity index (χ0v) is 13.5. The highest BCUT2D eigenvalue weighted by molar-refractivity contribution is 7.20. The minimum atomic E-state index is -0.00338. The van der Waals surface area contributed by atoms with Crippen LogP contribution in [0.3, 0.4) is 0 Å². The van der Waals surface area contributed by atoms with Crippen molar-refractivity contribution >= 4 is 27.2 Å². The monoisotopic (exact) mass is 324 g/mol. The third-order valence-electron chi connectivity index (χ3n) is 3.40. The maximum atomic E-state index is 9.44. The molecule has 3 N–H and O–H groups in total. The van der Waals surface area contributed by atoms with Crippen molar-refractivity contribution in [3.63, 3.8) is 0 Å². The lowest BCUT2D eigenvalue weighted by atomic mass is 10.1. The van der Waals surface area contributed by atoms with Crippen molar-refractivity contribution in [2.75, 3.05) is 5.32 Å². The Morgan fingerprint density at radius 2 is 2.17 bits per heavy atom. The summed E-state index contributed by atoms with van der Waals surface area (Å²) in [6.07, 6.45) is 5.87. The highest BCUT2D eigenvalue weighted by Gasteiger charge is 2.17. The van der Waals surface area contributed by atoms with Crippen molar-refractivity contribution in [1.29, 1.82) is 5.26 Å². The van der Waals surface area contributed by atoms with Gasteiger partial charge in [-0.2, -0.15) is 10.4 Å². The molecule has 0 aliphatic rings. The van der Waals surface area contributed by atoms with Gasteiger partial charge in [0.05, 0.1) is 22.1 Å². The van der Waals surface area contributed by atoms with Crippen molar-refractivity contribution in [1.82, 2.24) is 15.2 Å². The van der Waals surface area contributed by atoms with Crippen LogP contribution in [0, 0.1) is 11.3 Å². The van der Waals surface area contributed by atoms with E-state index in [1.54, 1.807) is 29.9 Å². The molecule has 3 heterocycles. The van der Waals surface area contributed by atoms with E-state index in [-0.39, 0.29) is 6.04 Å². The van der Waals surface area contributed by atoms with Crippen LogP contribution in [0.1, 0.15) is 22.9 Å². The van der Waals surface area contributed by atoms with Gasteiger partial charge in [0, 0.05) is 29.9 Å². The summed E-state index contributed by atoms with van der Waals surface area (Å²) in [7, 11) is 0. The standard InChI is InChI=1S/C16H16N6S/c1-10(18)6-14-12(7-17)15-16(23-14)13(9-21-22-15)20-8-11-2-4-19-5-3-11/h2-5,9-10H,6,8,18H2,1H3,(H,20,22)/t10-/m0/s1. The summed E-state index contributed by atoms with van der Waals surface area (Å²) >= 11 is 1.56. The molecule has 0 aliphatic carbocycles. The van der Waals surface area contributed by atoms with Crippen molar-refractivity contribution in [2.45, 2.75) is 25.9 Å². The van der Waals surface area contributed by atoms with Crippen LogP contribution in [0.4, 0.5) is 5.69 Å². The molecular formula is C16H16N6S. The second-order valence-electron chi connectivity index (χ2n) is 5.34. The van der Waals surface area contributed by atoms with Gasteiger partial charge in [-0.3, -0.25) is 4.98 Å². The Hall–Kier alpha value is -2.56. The van der Waals surface area contributed by atoms with Gasteiger partial charge < -0.3 is 11.1 Å². The van der Waals surface area contributed by atoms with E-state index in [1.165, 1.54) is 0 Å². The van der Waals surface area contributed by atoms with Crippen LogP contribution in [-0.2, 0) is 13.0 Å². The van der Waals surface area contributed by atoms with Gasteiger partial charge in [-0.05, 0) is 31.0 Å². The Bertz CT molecular complexity index is 850. The van der Waals surface area contributed by atoms with Crippen molar-refractivity contribution in [3.8, 4) is 6.07 Å². The largest absolute Gasteiger partial charge is 0.378 e. The molecule has 0 radical (unpaired) electrons. The predicted octanol–water partition coefficient (Wildman–Crippen LogP) is 2.46. The second-order valence-corrected chi connectivity index (χ2v) is 6.44. The number of fused-ring (bicyclic) bond motifs is 1. The number of nitrogens with two attached hydrogens (primary N) is 1. The number of rotatable bonds is 5. The van der Waals surface area contributed by atoms with Crippen molar-refractivity contribution in [3.05, 3.63) is 46.7 Å². The normalized spacial score (nSPS) is 12.0. The van der Waals surface area contributed by atoms with Crippen LogP contribution in [0.25, 0.3) is 10.2 Å². The summed E-state index contributed by atoms with van der Waals surface area (Å²) in [5.41, 5.74) is 9.12. The first-order valence-electron chi connectivity index (χ1n) is 7.24. The smallest absolute Gasteiger partial charge is 0.124 e. The lowest BCUT2D eigenvalue weighted by molar-refractivity contribution is 0.745. The summed E-state index contributed by atoms with van der Waals surface area (Å²) in [6, 6.07) is 6.15. The molecule has 116 valence electrons. The van der Waals surface area contributed by atoms with Crippen LogP contribution in [-0.4, -0.2) is 21.2 Å². The van der Waals surface area contributed by atoms with Crippen LogP contribution >= 0.6 is 11.3 Å². The minimum Gasteiger partial charge on any atom is -0.378 e. The molecule has 23 heavy (non-hydrogen) atoms. The minimum absolute atomic E-state index is 0.00338. The molecule has 0 fully saturated rings. The number of nitrogens with zero attached hydrogens (tertiary/aromatic N) is 4. The topological polar surface area (TPSA) is 101 Å². The molecule has 1 atom stereocenters. The fraction of sp³-hybridized carbons (Fsp3) is 0.250. The average molecular weight is 324 g/mol. The van der Waals surface area contributed by atoms with E-state index in [4.69, 9.17) is 5.73 Å². The third-order valence-corrected chi connectivity index (χ3v) is 4.63. The number of pyridine rings is 1. The highest BCUT2D eigenvalue weighted by Crippen LogP contribution is 2.34. The zero-order chi connectivity index (χ0) is 16.2. The van der Waals surface area contributed by atoms with E-state index in [9.17, 15) is 5.26 Å². The molecule has 3 aromatic heterocycles. The quantitative estimate of drug-likeness (QED) is 0.747. The molecular weight excluding hydrogens is 308 g/mol. The Kier molecular flexibility index (Phi) is 4.46. The van der Waals surface area contributed by atoms with Crippen molar-refractivity contribution in [2.24, 2.45) is 5.73 Å². The molecule has 3 rings (SSSR count). The maximum Gasteiger partial charge on any atom is 0.124 e. The SMILES string of the molecule is C[C@H](N)Cc1sc2c(NCc3ccncc3)cnnc2c1C#N. The lowest BCUT2D eigenvalue weighted by Gasteiger charge is -2.06. The molecule has 0 amide bonds. The molecule has 0 spiro atoms. The summed E-state index contributed by atoms with van der Waals surface area (Å²) in [5, 5.41) is 21.0. The van der Waals surface area contributed by atoms with Gasteiger partial charge in [-0.15, -0.1) is 16.4 Å². The summed E-state index contributed by atoms with van der Waals surface area (Å²) in [6.45, 7) is 2.59. The van der Waals surface area contributed by atoms with E-state index < -0.39 is 0 Å². The number of anilines is 1. The van der Waals surface area contributed by atoms with E-state index >= 15 is 0 Å². The molecule has 0 aromatic carbocycles. The van der Waals surface area contributed by atoms with E-state index in [0.29, 0.717) is 24.0 Å². The van der Waals surface area contributed by atoms with Crippen LogP contribution in [0.2, 0.25) is 0 Å². The van der Waals surface area contributed by atoms with E-state index in [2.05, 4.69) is 26.6 Å². The van der Waals surface area contributed by atoms with Gasteiger partial charge in [0.15, 0.2) is 0 Å². The van der Waals surface area contributed by atoms with Crippen LogP contribution < -0.4 is 11.1 Å². The van der Waals surface area contributed by atoms with Crippen LogP contribution in [0.5, 0.6) is 0 Å². The molecule has 0 saturated carbocycles. The number of nitriles is 1. The van der Waals surface area contributed by atoms with Crippen molar-refractivity contribution < 1.29 is 0 Å². The van der Waals surface area contributed by atoms with Gasteiger partial charge in [0.1, 0.15) is 11.6 Å².